The molecule has 0 aliphatic rings. The summed E-state index contributed by atoms with van der Waals surface area (Å²) in [4.78, 5) is 25.6. The Labute approximate surface area is 155 Å². The summed E-state index contributed by atoms with van der Waals surface area (Å²) in [6, 6.07) is 9.38. The number of carbonyl (C=O) groups excluding carboxylic acids is 2. The van der Waals surface area contributed by atoms with Crippen LogP contribution in [0.25, 0.3) is 0 Å². The molecule has 4 nitrogen and oxygen atoms in total. The Morgan fingerprint density at radius 2 is 2.04 bits per heavy atom. The minimum Gasteiger partial charge on any atom is -0.272 e. The molecule has 2 N–H and O–H groups in total. The van der Waals surface area contributed by atoms with Crippen LogP contribution < -0.4 is 10.9 Å². The first-order valence-corrected chi connectivity index (χ1v) is 9.85. The third-order valence-electron chi connectivity index (χ3n) is 3.27. The predicted molar refractivity (Wildman–Crippen MR) is 102 cm³/mol. The maximum Gasteiger partial charge on any atom is 0.279 e. The van der Waals surface area contributed by atoms with E-state index in [9.17, 15) is 9.59 Å². The Balaban J connectivity index is 1.73. The number of hydrazine groups is 1. The van der Waals surface area contributed by atoms with Gasteiger partial charge < -0.3 is 0 Å². The molecule has 24 heavy (non-hydrogen) atoms. The molecule has 0 bridgehead atoms. The quantitative estimate of drug-likeness (QED) is 0.743. The zero-order valence-electron chi connectivity index (χ0n) is 13.5. The summed E-state index contributed by atoms with van der Waals surface area (Å²) in [6.07, 6.45) is 0.899. The Morgan fingerprint density at radius 1 is 1.25 bits per heavy atom. The topological polar surface area (TPSA) is 58.2 Å². The smallest absolute Gasteiger partial charge is 0.272 e. The SMILES string of the molecule is CCc1sc(C(=O)NNC(=O)CSCc2cccc(Cl)c2)cc1C. The summed E-state index contributed by atoms with van der Waals surface area (Å²) in [5, 5.41) is 0.683. The van der Waals surface area contributed by atoms with Gasteiger partial charge in [0.2, 0.25) is 5.91 Å². The van der Waals surface area contributed by atoms with E-state index >= 15 is 0 Å². The van der Waals surface area contributed by atoms with Crippen molar-refractivity contribution in [1.82, 2.24) is 10.9 Å². The van der Waals surface area contributed by atoms with Gasteiger partial charge in [0.15, 0.2) is 0 Å². The highest BCUT2D eigenvalue weighted by atomic mass is 35.5. The number of halogens is 1. The molecule has 0 saturated carbocycles. The van der Waals surface area contributed by atoms with E-state index in [1.165, 1.54) is 28.0 Å². The molecule has 1 aromatic heterocycles. The number of benzene rings is 1. The highest BCUT2D eigenvalue weighted by Crippen LogP contribution is 2.22. The molecule has 0 aliphatic heterocycles. The van der Waals surface area contributed by atoms with Crippen molar-refractivity contribution in [2.75, 3.05) is 5.75 Å². The van der Waals surface area contributed by atoms with Crippen LogP contribution in [0, 0.1) is 6.92 Å². The molecule has 0 atom stereocenters. The van der Waals surface area contributed by atoms with Crippen LogP contribution in [0.2, 0.25) is 5.02 Å². The van der Waals surface area contributed by atoms with Gasteiger partial charge in [-0.3, -0.25) is 20.4 Å². The first-order valence-electron chi connectivity index (χ1n) is 7.50. The summed E-state index contributed by atoms with van der Waals surface area (Å²) >= 11 is 8.83. The van der Waals surface area contributed by atoms with E-state index in [1.54, 1.807) is 0 Å². The summed E-state index contributed by atoms with van der Waals surface area (Å²) < 4.78 is 0. The first kappa shape index (κ1) is 18.8. The second-order valence-electron chi connectivity index (χ2n) is 5.20. The Bertz CT molecular complexity index is 731. The molecule has 1 heterocycles. The monoisotopic (exact) mass is 382 g/mol. The number of hydrogen-bond donors (Lipinski definition) is 2. The van der Waals surface area contributed by atoms with E-state index < -0.39 is 0 Å². The minimum atomic E-state index is -0.281. The fourth-order valence-corrected chi connectivity index (χ4v) is 4.09. The molecule has 1 aromatic carbocycles. The van der Waals surface area contributed by atoms with Crippen molar-refractivity contribution in [3.8, 4) is 0 Å². The zero-order chi connectivity index (χ0) is 17.5. The van der Waals surface area contributed by atoms with E-state index in [2.05, 4.69) is 17.8 Å². The van der Waals surface area contributed by atoms with Crippen molar-refractivity contribution in [2.24, 2.45) is 0 Å². The van der Waals surface area contributed by atoms with Gasteiger partial charge in [0.1, 0.15) is 0 Å². The van der Waals surface area contributed by atoms with Gasteiger partial charge in [0.05, 0.1) is 10.6 Å². The molecule has 0 spiro atoms. The minimum absolute atomic E-state index is 0.237. The molecule has 2 rings (SSSR count). The van der Waals surface area contributed by atoms with E-state index in [4.69, 9.17) is 11.6 Å². The third kappa shape index (κ3) is 5.54. The van der Waals surface area contributed by atoms with Gasteiger partial charge in [0.25, 0.3) is 5.91 Å². The third-order valence-corrected chi connectivity index (χ3v) is 5.89. The Kier molecular flexibility index (Phi) is 7.15. The van der Waals surface area contributed by atoms with Gasteiger partial charge in [-0.2, -0.15) is 0 Å². The Morgan fingerprint density at radius 3 is 2.71 bits per heavy atom. The lowest BCUT2D eigenvalue weighted by Crippen LogP contribution is -2.42. The molecule has 0 radical (unpaired) electrons. The van der Waals surface area contributed by atoms with Crippen LogP contribution in [0.15, 0.2) is 30.3 Å². The fourth-order valence-electron chi connectivity index (χ4n) is 2.10. The summed E-state index contributed by atoms with van der Waals surface area (Å²) in [5.74, 6) is 0.429. The van der Waals surface area contributed by atoms with Crippen LogP contribution in [0.4, 0.5) is 0 Å². The zero-order valence-corrected chi connectivity index (χ0v) is 15.9. The number of nitrogens with one attached hydrogen (secondary N) is 2. The van der Waals surface area contributed by atoms with Crippen molar-refractivity contribution in [2.45, 2.75) is 26.0 Å². The summed E-state index contributed by atoms with van der Waals surface area (Å²) in [7, 11) is 0. The van der Waals surface area contributed by atoms with Crippen LogP contribution in [0.5, 0.6) is 0 Å². The molecule has 128 valence electrons. The lowest BCUT2D eigenvalue weighted by atomic mass is 10.2. The molecular formula is C17H19ClN2O2S2. The summed E-state index contributed by atoms with van der Waals surface area (Å²) in [6.45, 7) is 4.04. The molecule has 2 amide bonds. The largest absolute Gasteiger partial charge is 0.279 e. The number of rotatable bonds is 6. The van der Waals surface area contributed by atoms with Crippen molar-refractivity contribution < 1.29 is 9.59 Å². The number of amides is 2. The molecular weight excluding hydrogens is 364 g/mol. The van der Waals surface area contributed by atoms with Gasteiger partial charge in [-0.25, -0.2) is 0 Å². The lowest BCUT2D eigenvalue weighted by Gasteiger charge is -2.06. The molecule has 0 saturated heterocycles. The van der Waals surface area contributed by atoms with Gasteiger partial charge in [0, 0.05) is 15.7 Å². The normalized spacial score (nSPS) is 10.5. The number of thioether (sulfide) groups is 1. The number of carbonyl (C=O) groups is 2. The van der Waals surface area contributed by atoms with Crippen molar-refractivity contribution in [3.63, 3.8) is 0 Å². The fraction of sp³-hybridized carbons (Fsp3) is 0.294. The number of hydrogen-bond acceptors (Lipinski definition) is 4. The molecule has 0 fully saturated rings. The van der Waals surface area contributed by atoms with Gasteiger partial charge in [-0.05, 0) is 42.7 Å². The summed E-state index contributed by atoms with van der Waals surface area (Å²) in [5.41, 5.74) is 7.07. The standard InChI is InChI=1S/C17H19ClN2O2S2/c1-3-14-11(2)7-15(24-14)17(22)20-19-16(21)10-23-9-12-5-4-6-13(18)8-12/h4-8H,3,9-10H2,1-2H3,(H,19,21)(H,20,22). The highest BCUT2D eigenvalue weighted by Gasteiger charge is 2.12. The number of aryl methyl sites for hydroxylation is 2. The van der Waals surface area contributed by atoms with E-state index in [1.807, 2.05) is 37.3 Å². The Hall–Kier alpha value is -1.50. The van der Waals surface area contributed by atoms with Crippen molar-refractivity contribution in [3.05, 3.63) is 56.2 Å². The molecule has 2 aromatic rings. The van der Waals surface area contributed by atoms with Crippen molar-refractivity contribution in [1.29, 1.82) is 0 Å². The second kappa shape index (κ2) is 9.11. The predicted octanol–water partition coefficient (Wildman–Crippen LogP) is 3.97. The lowest BCUT2D eigenvalue weighted by molar-refractivity contribution is -0.119. The number of thiophene rings is 1. The average Bonchev–Trinajstić information content (AvgIpc) is 2.94. The van der Waals surface area contributed by atoms with Gasteiger partial charge >= 0.3 is 0 Å². The van der Waals surface area contributed by atoms with Gasteiger partial charge in [-0.1, -0.05) is 30.7 Å². The van der Waals surface area contributed by atoms with Crippen LogP contribution in [0.3, 0.4) is 0 Å². The molecule has 0 aliphatic carbocycles. The first-order chi connectivity index (χ1) is 11.5. The second-order valence-corrected chi connectivity index (χ2v) is 7.75. The maximum atomic E-state index is 12.0. The average molecular weight is 383 g/mol. The van der Waals surface area contributed by atoms with Crippen molar-refractivity contribution >= 4 is 46.5 Å². The van der Waals surface area contributed by atoms with Crippen LogP contribution in [-0.2, 0) is 17.0 Å². The van der Waals surface area contributed by atoms with E-state index in [0.29, 0.717) is 15.7 Å². The molecule has 0 unspecified atom stereocenters. The molecule has 7 heteroatoms. The van der Waals surface area contributed by atoms with Crippen LogP contribution in [0.1, 0.15) is 32.6 Å². The maximum absolute atomic E-state index is 12.0. The van der Waals surface area contributed by atoms with Crippen LogP contribution >= 0.6 is 34.7 Å². The van der Waals surface area contributed by atoms with E-state index in [0.717, 1.165) is 17.5 Å². The highest BCUT2D eigenvalue weighted by molar-refractivity contribution is 7.99. The van der Waals surface area contributed by atoms with E-state index in [-0.39, 0.29) is 17.6 Å². The van der Waals surface area contributed by atoms with Crippen LogP contribution in [-0.4, -0.2) is 17.6 Å². The van der Waals surface area contributed by atoms with Gasteiger partial charge in [-0.15, -0.1) is 23.1 Å².